The van der Waals surface area contributed by atoms with Gasteiger partial charge in [-0.05, 0) is 69.1 Å². The van der Waals surface area contributed by atoms with Crippen molar-refractivity contribution in [3.8, 4) is 0 Å². The first-order valence-electron chi connectivity index (χ1n) is 44.2. The second kappa shape index (κ2) is 76.5. The topological polar surface area (TPSA) is 237 Å². The average molecular weight is 1550 g/mol. The molecule has 0 spiro atoms. The van der Waals surface area contributed by atoms with E-state index < -0.39 is 97.5 Å². The molecule has 0 bridgehead atoms. The van der Waals surface area contributed by atoms with Gasteiger partial charge < -0.3 is 33.8 Å². The van der Waals surface area contributed by atoms with Gasteiger partial charge in [-0.2, -0.15) is 0 Å². The highest BCUT2D eigenvalue weighted by molar-refractivity contribution is 7.47. The maximum atomic E-state index is 13.2. The van der Waals surface area contributed by atoms with E-state index >= 15 is 0 Å². The molecule has 0 heterocycles. The molecule has 0 aromatic heterocycles. The molecule has 6 atom stereocenters. The molecule has 0 aromatic carbocycles. The summed E-state index contributed by atoms with van der Waals surface area (Å²) < 4.78 is 68.9. The van der Waals surface area contributed by atoms with Gasteiger partial charge >= 0.3 is 39.5 Å². The van der Waals surface area contributed by atoms with Gasteiger partial charge in [0.05, 0.1) is 26.4 Å². The number of aliphatic hydroxyl groups is 1. The lowest BCUT2D eigenvalue weighted by Gasteiger charge is -2.21. The van der Waals surface area contributed by atoms with Crippen molar-refractivity contribution in [1.82, 2.24) is 0 Å². The molecule has 3 unspecified atom stereocenters. The molecule has 0 aliphatic carbocycles. The number of unbranched alkanes of at least 4 members (excludes halogenated alkanes) is 47. The van der Waals surface area contributed by atoms with Crippen LogP contribution in [0.2, 0.25) is 0 Å². The summed E-state index contributed by atoms with van der Waals surface area (Å²) >= 11 is 0. The molecule has 0 radical (unpaired) electrons. The zero-order chi connectivity index (χ0) is 77.9. The minimum atomic E-state index is -4.97. The third kappa shape index (κ3) is 78.2. The smallest absolute Gasteiger partial charge is 0.462 e. The molecule has 19 heteroatoms. The maximum Gasteiger partial charge on any atom is 0.472 e. The van der Waals surface area contributed by atoms with Crippen molar-refractivity contribution in [2.45, 2.75) is 452 Å². The molecule has 0 aliphatic rings. The Morgan fingerprint density at radius 1 is 0.311 bits per heavy atom. The lowest BCUT2D eigenvalue weighted by Crippen LogP contribution is -2.30. The third-order valence-corrected chi connectivity index (χ3v) is 22.0. The Bertz CT molecular complexity index is 2140. The van der Waals surface area contributed by atoms with Crippen LogP contribution in [-0.2, 0) is 65.4 Å². The number of allylic oxidation sites excluding steroid dienone is 4. The van der Waals surface area contributed by atoms with Crippen LogP contribution in [0.5, 0.6) is 0 Å². The van der Waals surface area contributed by atoms with Crippen LogP contribution < -0.4 is 0 Å². The Morgan fingerprint density at radius 3 is 0.840 bits per heavy atom. The number of ether oxygens (including phenoxy) is 4. The Labute approximate surface area is 650 Å². The first-order chi connectivity index (χ1) is 51.3. The number of aliphatic hydroxyl groups excluding tert-OH is 1. The Balaban J connectivity index is 5.28. The number of phosphoric ester groups is 2. The van der Waals surface area contributed by atoms with Crippen molar-refractivity contribution in [1.29, 1.82) is 0 Å². The van der Waals surface area contributed by atoms with Crippen LogP contribution in [0.15, 0.2) is 24.3 Å². The van der Waals surface area contributed by atoms with Gasteiger partial charge in [0.25, 0.3) is 0 Å². The lowest BCUT2D eigenvalue weighted by molar-refractivity contribution is -0.161. The number of rotatable bonds is 83. The molecule has 0 saturated heterocycles. The fourth-order valence-electron chi connectivity index (χ4n) is 13.0. The van der Waals surface area contributed by atoms with Gasteiger partial charge in [-0.1, -0.05) is 381 Å². The number of hydrogen-bond donors (Lipinski definition) is 3. The van der Waals surface area contributed by atoms with Gasteiger partial charge in [0.15, 0.2) is 12.2 Å². The quantitative estimate of drug-likeness (QED) is 0.0169. The molecule has 106 heavy (non-hydrogen) atoms. The molecule has 17 nitrogen and oxygen atoms in total. The first-order valence-corrected chi connectivity index (χ1v) is 47.2. The molecule has 0 rings (SSSR count). The van der Waals surface area contributed by atoms with Crippen LogP contribution >= 0.6 is 15.6 Å². The minimum Gasteiger partial charge on any atom is -0.462 e. The van der Waals surface area contributed by atoms with Crippen LogP contribution in [-0.4, -0.2) is 96.7 Å². The fourth-order valence-corrected chi connectivity index (χ4v) is 14.6. The van der Waals surface area contributed by atoms with Crippen LogP contribution in [0, 0.1) is 17.8 Å². The molecular formula is C87H166O17P2. The largest absolute Gasteiger partial charge is 0.472 e. The average Bonchev–Trinajstić information content (AvgIpc) is 0.899. The molecular weight excluding hydrogens is 1380 g/mol. The van der Waals surface area contributed by atoms with Gasteiger partial charge in [-0.25, -0.2) is 9.13 Å². The third-order valence-electron chi connectivity index (χ3n) is 20.1. The zero-order valence-corrected chi connectivity index (χ0v) is 71.2. The fraction of sp³-hybridized carbons (Fsp3) is 0.908. The molecule has 0 aliphatic heterocycles. The van der Waals surface area contributed by atoms with Crippen molar-refractivity contribution in [2.75, 3.05) is 39.6 Å². The highest BCUT2D eigenvalue weighted by Gasteiger charge is 2.30. The minimum absolute atomic E-state index is 0.0847. The molecule has 0 aromatic rings. The summed E-state index contributed by atoms with van der Waals surface area (Å²) in [6.07, 6.45) is 70.2. The molecule has 3 N–H and O–H groups in total. The second-order valence-electron chi connectivity index (χ2n) is 31.8. The molecule has 0 saturated carbocycles. The lowest BCUT2D eigenvalue weighted by atomic mass is 9.99. The highest BCUT2D eigenvalue weighted by atomic mass is 31.2. The number of phosphoric acid groups is 2. The number of esters is 4. The van der Waals surface area contributed by atoms with E-state index in [0.717, 1.165) is 120 Å². The van der Waals surface area contributed by atoms with E-state index in [1.807, 2.05) is 0 Å². The summed E-state index contributed by atoms with van der Waals surface area (Å²) in [5.41, 5.74) is 0. The van der Waals surface area contributed by atoms with Crippen molar-refractivity contribution in [2.24, 2.45) is 17.8 Å². The zero-order valence-electron chi connectivity index (χ0n) is 69.4. The number of carbonyl (C=O) groups excluding carboxylic acids is 4. The van der Waals surface area contributed by atoms with E-state index in [1.165, 1.54) is 231 Å². The van der Waals surface area contributed by atoms with Crippen LogP contribution in [0.1, 0.15) is 434 Å². The first kappa shape index (κ1) is 104. The number of carbonyl (C=O) groups is 4. The van der Waals surface area contributed by atoms with E-state index in [0.29, 0.717) is 25.7 Å². The van der Waals surface area contributed by atoms with Crippen molar-refractivity contribution in [3.05, 3.63) is 24.3 Å². The summed E-state index contributed by atoms with van der Waals surface area (Å²) in [5.74, 6) is 0.275. The predicted molar refractivity (Wildman–Crippen MR) is 437 cm³/mol. The van der Waals surface area contributed by atoms with Crippen LogP contribution in [0.4, 0.5) is 0 Å². The summed E-state index contributed by atoms with van der Waals surface area (Å²) in [6, 6.07) is 0. The summed E-state index contributed by atoms with van der Waals surface area (Å²) in [6.45, 7) is 12.0. The van der Waals surface area contributed by atoms with Crippen molar-refractivity contribution in [3.63, 3.8) is 0 Å². The highest BCUT2D eigenvalue weighted by Crippen LogP contribution is 2.45. The SMILES string of the molecule is CCCCCC/C=C\C=C/CCCCCCCC(=O)O[C@H](COC(=O)CCCCCCCCCCCC(C)C)COP(=O)(O)OC[C@H](O)COP(=O)(O)OC[C@@H](COC(=O)CCCCCCCCCCCCCCCCC(C)C)OC(=O)CCCCCCCCCCCCCCCCCCCCC(C)CC. The van der Waals surface area contributed by atoms with Gasteiger partial charge in [0, 0.05) is 25.7 Å². The van der Waals surface area contributed by atoms with E-state index in [1.54, 1.807) is 0 Å². The summed E-state index contributed by atoms with van der Waals surface area (Å²) in [5, 5.41) is 10.7. The molecule has 0 fully saturated rings. The van der Waals surface area contributed by atoms with E-state index in [4.69, 9.17) is 37.0 Å². The molecule has 0 amide bonds. The monoisotopic (exact) mass is 1550 g/mol. The number of hydrogen-bond acceptors (Lipinski definition) is 15. The summed E-state index contributed by atoms with van der Waals surface area (Å²) in [4.78, 5) is 73.2. The Kier molecular flexibility index (Phi) is 74.7. The van der Waals surface area contributed by atoms with E-state index in [-0.39, 0.29) is 25.7 Å². The van der Waals surface area contributed by atoms with Gasteiger partial charge in [-0.3, -0.25) is 37.3 Å². The van der Waals surface area contributed by atoms with E-state index in [2.05, 4.69) is 72.8 Å². The predicted octanol–water partition coefficient (Wildman–Crippen LogP) is 26.0. The van der Waals surface area contributed by atoms with Crippen LogP contribution in [0.25, 0.3) is 0 Å². The van der Waals surface area contributed by atoms with Crippen molar-refractivity contribution < 1.29 is 80.2 Å². The standard InChI is InChI=1S/C87H166O17P2/c1-8-10-11-12-13-14-15-16-21-29-34-41-49-56-63-70-86(91)104-83(75-98-85(90)69-62-55-48-43-36-38-45-52-59-66-79(5)6)77-102-106(95,96)100-73-81(88)72-99-105(93,94)101-76-82(74-97-84(89)68-61-54-47-40-33-28-25-24-26-31-37-44-51-58-65-78(3)4)103-87(92)71-64-57-50-42-35-30-23-20-18-17-19-22-27-32-39-46-53-60-67-80(7)9-2/h14-16,21,78-83,88H,8-13,17-20,22-77H2,1-7H3,(H,93,94)(H,95,96)/b15-14-,21-16-/t80?,81-,82-,83-/m1/s1. The van der Waals surface area contributed by atoms with E-state index in [9.17, 15) is 43.2 Å². The van der Waals surface area contributed by atoms with Crippen molar-refractivity contribution >= 4 is 39.5 Å². The summed E-state index contributed by atoms with van der Waals surface area (Å²) in [7, 11) is -9.94. The maximum absolute atomic E-state index is 13.2. The van der Waals surface area contributed by atoms with Gasteiger partial charge in [-0.15, -0.1) is 0 Å². The van der Waals surface area contributed by atoms with Crippen LogP contribution in [0.3, 0.4) is 0 Å². The normalized spacial score (nSPS) is 14.3. The van der Waals surface area contributed by atoms with Gasteiger partial charge in [0.2, 0.25) is 0 Å². The molecule has 626 valence electrons. The van der Waals surface area contributed by atoms with Gasteiger partial charge in [0.1, 0.15) is 19.3 Å². The Morgan fingerprint density at radius 2 is 0.557 bits per heavy atom. The second-order valence-corrected chi connectivity index (χ2v) is 34.7. The Hall–Kier alpha value is -2.46.